The summed E-state index contributed by atoms with van der Waals surface area (Å²) in [5.74, 6) is 0.0202. The number of para-hydroxylation sites is 1. The van der Waals surface area contributed by atoms with E-state index in [9.17, 15) is 4.79 Å². The SMILES string of the molecule is CC1CC(NC(=O)c2cc3sc(Nc4ccccc4)nc3s2)CCN1. The fraction of sp³-hybridized carbons (Fsp3) is 0.333. The third-order valence-electron chi connectivity index (χ3n) is 4.30. The molecule has 3 N–H and O–H groups in total. The second-order valence-corrected chi connectivity index (χ2v) is 8.40. The van der Waals surface area contributed by atoms with Gasteiger partial charge in [-0.15, -0.1) is 11.3 Å². The molecule has 1 fully saturated rings. The van der Waals surface area contributed by atoms with Crippen molar-refractivity contribution >= 4 is 48.9 Å². The van der Waals surface area contributed by atoms with Crippen LogP contribution in [0.15, 0.2) is 36.4 Å². The fourth-order valence-corrected chi connectivity index (χ4v) is 5.10. The van der Waals surface area contributed by atoms with Crippen LogP contribution in [-0.4, -0.2) is 29.5 Å². The summed E-state index contributed by atoms with van der Waals surface area (Å²) in [5, 5.41) is 10.7. The van der Waals surface area contributed by atoms with Crippen LogP contribution in [0.1, 0.15) is 29.4 Å². The molecule has 2 unspecified atom stereocenters. The van der Waals surface area contributed by atoms with Gasteiger partial charge in [0, 0.05) is 17.8 Å². The Bertz CT molecular complexity index is 842. The summed E-state index contributed by atoms with van der Waals surface area (Å²) >= 11 is 3.03. The van der Waals surface area contributed by atoms with Gasteiger partial charge in [-0.1, -0.05) is 29.5 Å². The van der Waals surface area contributed by atoms with Crippen LogP contribution in [0.25, 0.3) is 9.53 Å². The normalized spacial score (nSPS) is 20.5. The molecule has 7 heteroatoms. The first-order chi connectivity index (χ1) is 12.2. The summed E-state index contributed by atoms with van der Waals surface area (Å²) in [5.41, 5.74) is 1.02. The number of amides is 1. The maximum Gasteiger partial charge on any atom is 0.261 e. The van der Waals surface area contributed by atoms with E-state index in [2.05, 4.69) is 27.9 Å². The van der Waals surface area contributed by atoms with Crippen molar-refractivity contribution in [2.45, 2.75) is 31.8 Å². The summed E-state index contributed by atoms with van der Waals surface area (Å²) in [6.07, 6.45) is 1.97. The van der Waals surface area contributed by atoms with Crippen molar-refractivity contribution < 1.29 is 4.79 Å². The number of carbonyl (C=O) groups is 1. The summed E-state index contributed by atoms with van der Waals surface area (Å²) in [7, 11) is 0. The lowest BCUT2D eigenvalue weighted by atomic mass is 10.0. The number of thiazole rings is 1. The molecule has 0 spiro atoms. The first-order valence-corrected chi connectivity index (χ1v) is 10.1. The molecule has 25 heavy (non-hydrogen) atoms. The lowest BCUT2D eigenvalue weighted by molar-refractivity contribution is 0.0930. The van der Waals surface area contributed by atoms with Gasteiger partial charge in [-0.25, -0.2) is 4.98 Å². The molecule has 3 aromatic rings. The molecular weight excluding hydrogens is 352 g/mol. The predicted octanol–water partition coefficient (Wildman–Crippen LogP) is 3.97. The Morgan fingerprint density at radius 3 is 2.88 bits per heavy atom. The number of rotatable bonds is 4. The molecule has 3 heterocycles. The Morgan fingerprint density at radius 2 is 2.12 bits per heavy atom. The lowest BCUT2D eigenvalue weighted by Gasteiger charge is -2.28. The molecule has 2 atom stereocenters. The predicted molar refractivity (Wildman–Crippen MR) is 105 cm³/mol. The summed E-state index contributed by atoms with van der Waals surface area (Å²) < 4.78 is 1.05. The van der Waals surface area contributed by atoms with E-state index >= 15 is 0 Å². The molecule has 5 nitrogen and oxygen atoms in total. The minimum Gasteiger partial charge on any atom is -0.348 e. The van der Waals surface area contributed by atoms with Gasteiger partial charge in [-0.05, 0) is 44.5 Å². The maximum atomic E-state index is 12.5. The standard InChI is InChI=1S/C18H20N4OS2/c1-11-9-13(7-8-19-11)20-16(23)14-10-15-17(24-14)22-18(25-15)21-12-5-3-2-4-6-12/h2-6,10-11,13,19H,7-9H2,1H3,(H,20,23)(H,21,22). The van der Waals surface area contributed by atoms with E-state index in [0.717, 1.165) is 44.6 Å². The van der Waals surface area contributed by atoms with E-state index < -0.39 is 0 Å². The van der Waals surface area contributed by atoms with Gasteiger partial charge >= 0.3 is 0 Å². The van der Waals surface area contributed by atoms with Gasteiger partial charge in [-0.3, -0.25) is 4.79 Å². The zero-order chi connectivity index (χ0) is 17.2. The molecule has 0 saturated carbocycles. The molecule has 1 saturated heterocycles. The number of hydrogen-bond donors (Lipinski definition) is 3. The van der Waals surface area contributed by atoms with Crippen molar-refractivity contribution in [1.29, 1.82) is 0 Å². The van der Waals surface area contributed by atoms with Gasteiger partial charge in [0.05, 0.1) is 9.58 Å². The van der Waals surface area contributed by atoms with Crippen LogP contribution in [0.2, 0.25) is 0 Å². The van der Waals surface area contributed by atoms with Crippen molar-refractivity contribution in [2.75, 3.05) is 11.9 Å². The minimum absolute atomic E-state index is 0.0202. The Balaban J connectivity index is 1.44. The number of nitrogens with zero attached hydrogens (tertiary/aromatic N) is 1. The fourth-order valence-electron chi connectivity index (χ4n) is 3.06. The van der Waals surface area contributed by atoms with Crippen LogP contribution in [-0.2, 0) is 0 Å². The summed E-state index contributed by atoms with van der Waals surface area (Å²) in [4.78, 5) is 18.8. The van der Waals surface area contributed by atoms with E-state index in [0.29, 0.717) is 6.04 Å². The van der Waals surface area contributed by atoms with Crippen LogP contribution >= 0.6 is 22.7 Å². The van der Waals surface area contributed by atoms with Crippen LogP contribution in [0, 0.1) is 0 Å². The average molecular weight is 373 g/mol. The molecule has 0 aliphatic carbocycles. The summed E-state index contributed by atoms with van der Waals surface area (Å²) in [6.45, 7) is 3.12. The highest BCUT2D eigenvalue weighted by Crippen LogP contribution is 2.34. The molecule has 0 bridgehead atoms. The molecule has 130 valence electrons. The Kier molecular flexibility index (Phi) is 4.70. The topological polar surface area (TPSA) is 66.0 Å². The van der Waals surface area contributed by atoms with Gasteiger partial charge in [-0.2, -0.15) is 0 Å². The zero-order valence-electron chi connectivity index (χ0n) is 13.9. The van der Waals surface area contributed by atoms with Crippen LogP contribution in [0.5, 0.6) is 0 Å². The van der Waals surface area contributed by atoms with Crippen molar-refractivity contribution in [3.05, 3.63) is 41.3 Å². The van der Waals surface area contributed by atoms with Gasteiger partial charge in [0.25, 0.3) is 5.91 Å². The second-order valence-electron chi connectivity index (χ2n) is 6.34. The van der Waals surface area contributed by atoms with E-state index in [1.807, 2.05) is 36.4 Å². The maximum absolute atomic E-state index is 12.5. The number of aromatic nitrogens is 1. The molecule has 0 radical (unpaired) electrons. The highest BCUT2D eigenvalue weighted by Gasteiger charge is 2.22. The first-order valence-electron chi connectivity index (χ1n) is 8.44. The van der Waals surface area contributed by atoms with Gasteiger partial charge < -0.3 is 16.0 Å². The molecular formula is C18H20N4OS2. The molecule has 4 rings (SSSR count). The van der Waals surface area contributed by atoms with Gasteiger partial charge in [0.15, 0.2) is 5.13 Å². The molecule has 2 aromatic heterocycles. The van der Waals surface area contributed by atoms with Gasteiger partial charge in [0.1, 0.15) is 4.83 Å². The molecule has 1 aromatic carbocycles. The first kappa shape index (κ1) is 16.5. The summed E-state index contributed by atoms with van der Waals surface area (Å²) in [6, 6.07) is 12.6. The monoisotopic (exact) mass is 372 g/mol. The number of carbonyl (C=O) groups excluding carboxylic acids is 1. The molecule has 1 aliphatic rings. The number of anilines is 2. The van der Waals surface area contributed by atoms with E-state index in [1.54, 1.807) is 11.3 Å². The zero-order valence-corrected chi connectivity index (χ0v) is 15.5. The average Bonchev–Trinajstić information content (AvgIpc) is 3.14. The number of hydrogen-bond acceptors (Lipinski definition) is 6. The Morgan fingerprint density at radius 1 is 1.28 bits per heavy atom. The van der Waals surface area contributed by atoms with Crippen LogP contribution in [0.4, 0.5) is 10.8 Å². The van der Waals surface area contributed by atoms with E-state index in [1.165, 1.54) is 11.3 Å². The largest absolute Gasteiger partial charge is 0.348 e. The van der Waals surface area contributed by atoms with Crippen LogP contribution < -0.4 is 16.0 Å². The highest BCUT2D eigenvalue weighted by atomic mass is 32.1. The van der Waals surface area contributed by atoms with Crippen molar-refractivity contribution in [3.8, 4) is 0 Å². The number of nitrogens with one attached hydrogen (secondary N) is 3. The van der Waals surface area contributed by atoms with Crippen molar-refractivity contribution in [2.24, 2.45) is 0 Å². The lowest BCUT2D eigenvalue weighted by Crippen LogP contribution is -2.46. The number of thiophene rings is 1. The van der Waals surface area contributed by atoms with E-state index in [4.69, 9.17) is 0 Å². The third-order valence-corrected chi connectivity index (χ3v) is 6.37. The van der Waals surface area contributed by atoms with E-state index in [-0.39, 0.29) is 11.9 Å². The molecule has 1 amide bonds. The quantitative estimate of drug-likeness (QED) is 0.648. The minimum atomic E-state index is 0.0202. The Hall–Kier alpha value is -1.96. The molecule has 1 aliphatic heterocycles. The Labute approximate surface area is 154 Å². The van der Waals surface area contributed by atoms with Crippen LogP contribution in [0.3, 0.4) is 0 Å². The van der Waals surface area contributed by atoms with Gasteiger partial charge in [0.2, 0.25) is 0 Å². The highest BCUT2D eigenvalue weighted by molar-refractivity contribution is 7.29. The smallest absolute Gasteiger partial charge is 0.261 e. The van der Waals surface area contributed by atoms with Crippen molar-refractivity contribution in [3.63, 3.8) is 0 Å². The number of fused-ring (bicyclic) bond motifs is 1. The number of piperidine rings is 1. The number of benzene rings is 1. The second kappa shape index (κ2) is 7.11. The van der Waals surface area contributed by atoms with Crippen molar-refractivity contribution in [1.82, 2.24) is 15.6 Å². The third kappa shape index (κ3) is 3.84.